The predicted octanol–water partition coefficient (Wildman–Crippen LogP) is 13.8. The van der Waals surface area contributed by atoms with Gasteiger partial charge in [0, 0.05) is 96.5 Å². The summed E-state index contributed by atoms with van der Waals surface area (Å²) in [6.45, 7) is 7.29. The van der Waals surface area contributed by atoms with Gasteiger partial charge < -0.3 is 64.6 Å². The molecule has 10 amide bonds. The van der Waals surface area contributed by atoms with Gasteiger partial charge in [-0.05, 0) is 70.6 Å². The van der Waals surface area contributed by atoms with Crippen molar-refractivity contribution in [2.24, 2.45) is 36.9 Å². The van der Waals surface area contributed by atoms with Gasteiger partial charge in [0.15, 0.2) is 32.4 Å². The molecule has 0 fully saturated rings. The van der Waals surface area contributed by atoms with Crippen LogP contribution in [0.1, 0.15) is 426 Å². The van der Waals surface area contributed by atoms with E-state index >= 15 is 0 Å². The minimum atomic E-state index is -1.50. The smallest absolute Gasteiger partial charge is 0.248 e. The second kappa shape index (κ2) is 97.7. The zero-order valence-corrected chi connectivity index (χ0v) is 82.0. The summed E-state index contributed by atoms with van der Waals surface area (Å²) in [5, 5.41) is 42.5. The Bertz CT molecular complexity index is 2940. The summed E-state index contributed by atoms with van der Waals surface area (Å²) in [4.78, 5) is 157. The molecule has 0 saturated heterocycles. The monoisotopic (exact) mass is 1860 g/mol. The molecule has 3 atom stereocenters. The lowest BCUT2D eigenvalue weighted by molar-refractivity contribution is -0.131. The largest absolute Gasteiger partial charge is 0.370 e. The highest BCUT2D eigenvalue weighted by Gasteiger charge is 2.29. The molecule has 0 spiro atoms. The van der Waals surface area contributed by atoms with Crippen molar-refractivity contribution in [2.45, 2.75) is 444 Å². The number of nitrogens with two attached hydrogens (primary N) is 2. The fraction of sp³-hybridized carbons (Fsp3) is 0.844. The second-order valence-electron chi connectivity index (χ2n) is 34.4. The van der Waals surface area contributed by atoms with Gasteiger partial charge in [0.05, 0.1) is 0 Å². The van der Waals surface area contributed by atoms with E-state index in [0.29, 0.717) is 0 Å². The molecule has 0 heterocycles. The number of nitrogens with zero attached hydrogens (tertiary/aromatic N) is 5. The second-order valence-corrected chi connectivity index (χ2v) is 34.4. The van der Waals surface area contributed by atoms with Gasteiger partial charge >= 0.3 is 0 Å². The molecular formula is C96H185N21O14. The van der Waals surface area contributed by atoms with Gasteiger partial charge in [-0.2, -0.15) is 42.8 Å². The zero-order chi connectivity index (χ0) is 95.5. The Hall–Kier alpha value is -8.31. The van der Waals surface area contributed by atoms with Gasteiger partial charge in [-0.15, -0.1) is 0 Å². The van der Waals surface area contributed by atoms with Crippen LogP contribution in [-0.4, -0.2) is 187 Å². The summed E-state index contributed by atoms with van der Waals surface area (Å²) in [6.07, 6.45) is 73.7. The van der Waals surface area contributed by atoms with Crippen molar-refractivity contribution in [2.75, 3.05) is 78.8 Å². The van der Waals surface area contributed by atoms with E-state index in [1.165, 1.54) is 283 Å². The van der Waals surface area contributed by atoms with Crippen molar-refractivity contribution < 1.29 is 67.3 Å². The van der Waals surface area contributed by atoms with Crippen LogP contribution in [0, 0.1) is 0 Å². The molecule has 758 valence electrons. The minimum Gasteiger partial charge on any atom is -0.370 e. The first kappa shape index (κ1) is 123. The maximum Gasteiger partial charge on any atom is 0.248 e. The first-order valence-electron chi connectivity index (χ1n) is 51.4. The van der Waals surface area contributed by atoms with Gasteiger partial charge in [0.2, 0.25) is 59.1 Å². The summed E-state index contributed by atoms with van der Waals surface area (Å²) in [5.41, 5.74) is 21.3. The van der Waals surface area contributed by atoms with E-state index in [1.807, 2.05) is 0 Å². The Morgan fingerprint density at radius 3 is 0.687 bits per heavy atom. The quantitative estimate of drug-likeness (QED) is 0.0116. The van der Waals surface area contributed by atoms with E-state index in [1.54, 1.807) is 24.9 Å². The van der Waals surface area contributed by atoms with Crippen LogP contribution in [0.3, 0.4) is 0 Å². The van der Waals surface area contributed by atoms with Crippen LogP contribution in [0.5, 0.6) is 0 Å². The number of hydrazone groups is 4. The van der Waals surface area contributed by atoms with E-state index in [0.717, 1.165) is 77.0 Å². The summed E-state index contributed by atoms with van der Waals surface area (Å²) >= 11 is 0. The van der Waals surface area contributed by atoms with Gasteiger partial charge in [0.1, 0.15) is 18.1 Å². The third-order valence-electron chi connectivity index (χ3n) is 22.3. The molecule has 131 heavy (non-hydrogen) atoms. The number of guanidine groups is 1. The first-order chi connectivity index (χ1) is 64.1. The highest BCUT2D eigenvalue weighted by molar-refractivity contribution is 5.93. The van der Waals surface area contributed by atoms with E-state index in [4.69, 9.17) is 30.8 Å². The summed E-state index contributed by atoms with van der Waals surface area (Å²) in [7, 11) is 0. The molecule has 0 unspecified atom stereocenters. The third-order valence-corrected chi connectivity index (χ3v) is 22.3. The van der Waals surface area contributed by atoms with Crippen LogP contribution < -0.4 is 87.0 Å². The Balaban J connectivity index is 5.84. The predicted molar refractivity (Wildman–Crippen MR) is 527 cm³/mol. The molecule has 0 aliphatic rings. The Labute approximate surface area is 788 Å². The van der Waals surface area contributed by atoms with Crippen molar-refractivity contribution in [3.8, 4) is 0 Å². The van der Waals surface area contributed by atoms with Crippen LogP contribution in [0.2, 0.25) is 0 Å². The van der Waals surface area contributed by atoms with Gasteiger partial charge in [-0.1, -0.05) is 336 Å². The van der Waals surface area contributed by atoms with E-state index < -0.39 is 96.2 Å². The zero-order valence-electron chi connectivity index (χ0n) is 82.0. The molecular weight excluding hydrogens is 1670 g/mol. The summed E-state index contributed by atoms with van der Waals surface area (Å²) < 4.78 is 0. The molecule has 0 aromatic heterocycles. The Morgan fingerprint density at radius 1 is 0.244 bits per heavy atom. The number of nitrogens with one attached hydrogen (secondary N) is 14. The van der Waals surface area contributed by atoms with Crippen LogP contribution in [0.25, 0.3) is 0 Å². The van der Waals surface area contributed by atoms with E-state index in [-0.39, 0.29) is 104 Å². The maximum absolute atomic E-state index is 14.2. The molecule has 18 N–H and O–H groups in total. The van der Waals surface area contributed by atoms with Crippen LogP contribution in [0.4, 0.5) is 0 Å². The van der Waals surface area contributed by atoms with Gasteiger partial charge in [-0.25, -0.2) is 24.3 Å². The number of rotatable bonds is 99. The SMILES string of the molecule is CCCCCCCCCCCCCCC/C=N/NOCC(=O)NCCNC(=O)CC[C@H](NC(=O)CC[C@H](N=C(N)N)C(=O)N[C@@H](CCC(=O)NCCNC(=O)CON/N=C/CCCCCCCCCCCCCCC)C(=O)NCCNC(=O)CON/N=C/CCCCCCCCCCCCCCC)C(=O)NCCNC(=O)CON/N=C/CCCCCCCCCCCCCCC. The Kier molecular flexibility index (Phi) is 91.5. The van der Waals surface area contributed by atoms with Crippen molar-refractivity contribution in [3.63, 3.8) is 0 Å². The molecule has 0 bridgehead atoms. The average molecular weight is 1860 g/mol. The van der Waals surface area contributed by atoms with Crippen molar-refractivity contribution >= 4 is 89.9 Å². The fourth-order valence-corrected chi connectivity index (χ4v) is 14.5. The normalized spacial score (nSPS) is 12.1. The van der Waals surface area contributed by atoms with Crippen LogP contribution in [-0.2, 0) is 67.3 Å². The number of carbonyl (C=O) groups is 10. The lowest BCUT2D eigenvalue weighted by Crippen LogP contribution is -2.51. The van der Waals surface area contributed by atoms with Crippen molar-refractivity contribution in [1.82, 2.24) is 75.5 Å². The van der Waals surface area contributed by atoms with Gasteiger partial charge in [0.25, 0.3) is 0 Å². The molecule has 0 radical (unpaired) electrons. The molecule has 0 aromatic rings. The topological polar surface area (TPSA) is 490 Å². The molecule has 35 heteroatoms. The van der Waals surface area contributed by atoms with Crippen LogP contribution in [0.15, 0.2) is 25.4 Å². The third kappa shape index (κ3) is 90.6. The van der Waals surface area contributed by atoms with Gasteiger partial charge in [-0.3, -0.25) is 47.9 Å². The number of carbonyl (C=O) groups excluding carboxylic acids is 10. The number of aliphatic imine (C=N–C) groups is 1. The number of unbranched alkanes of at least 4 members (excludes halogenated alkanes) is 52. The lowest BCUT2D eigenvalue weighted by Gasteiger charge is -2.22. The van der Waals surface area contributed by atoms with E-state index in [9.17, 15) is 47.9 Å². The van der Waals surface area contributed by atoms with Crippen LogP contribution >= 0.6 is 0 Å². The van der Waals surface area contributed by atoms with E-state index in [2.05, 4.69) is 129 Å². The number of hydrogen-bond acceptors (Lipinski definition) is 23. The number of hydrogen-bond donors (Lipinski definition) is 16. The molecule has 0 aliphatic heterocycles. The Morgan fingerprint density at radius 2 is 0.450 bits per heavy atom. The first-order valence-corrected chi connectivity index (χ1v) is 51.4. The highest BCUT2D eigenvalue weighted by atomic mass is 16.7. The van der Waals surface area contributed by atoms with Crippen molar-refractivity contribution in [3.05, 3.63) is 0 Å². The maximum atomic E-state index is 14.2. The molecule has 0 saturated carbocycles. The molecule has 0 rings (SSSR count). The fourth-order valence-electron chi connectivity index (χ4n) is 14.5. The molecule has 35 nitrogen and oxygen atoms in total. The minimum absolute atomic E-state index is 0.00257. The average Bonchev–Trinajstić information content (AvgIpc) is 0.887. The molecule has 0 aliphatic carbocycles. The lowest BCUT2D eigenvalue weighted by atomic mass is 10.0. The summed E-state index contributed by atoms with van der Waals surface area (Å²) in [5.74, 6) is -6.70. The standard InChI is InChI=1S/C96H185N21O14/c1-5-9-13-17-21-25-29-33-37-41-45-49-53-57-67-107-114-128-79-89(121)101-73-71-99-86(118)64-61-83(93(125)105-77-75-103-91(123)81-130-116-109-69-59-55-51-47-43-39-35-31-27-23-19-15-11-7-3)111-88(120)66-63-85(113-96(97)98)95(127)112-84(94(126)106-78-76-104-92(124)82-131-117-110-70-60-56-52-48-44-40-36-32-28-24-20-16-12-8-4)62-65-87(119)100-72-74-102-90(122)80-129-115-108-68-58-54-50-46-42-38-34-30-26-22-18-14-10-6-2/h67-70,83-85,114-117H,5-66,71-82H2,1-4H3,(H,99,118)(H,100,119)(H,101,121)(H,102,122)(H,103,123)(H,104,124)(H,105,125)(H,106,126)(H,111,120)(H,112,127)(H4,97,98,113)/b107-67+,108-68+,109-69+,110-70+/t83-,84-,85-/m0/s1. The highest BCUT2D eigenvalue weighted by Crippen LogP contribution is 2.18. The summed E-state index contributed by atoms with van der Waals surface area (Å²) in [6, 6.07) is -4.24. The molecule has 0 aromatic carbocycles. The number of amides is 10. The van der Waals surface area contributed by atoms with Crippen molar-refractivity contribution in [1.29, 1.82) is 0 Å².